The van der Waals surface area contributed by atoms with E-state index in [4.69, 9.17) is 9.47 Å². The highest BCUT2D eigenvalue weighted by Crippen LogP contribution is 2.15. The fourth-order valence-electron chi connectivity index (χ4n) is 1.05. The van der Waals surface area contributed by atoms with E-state index in [-0.39, 0.29) is 0 Å². The van der Waals surface area contributed by atoms with Crippen molar-refractivity contribution < 1.29 is 9.47 Å². The van der Waals surface area contributed by atoms with Gasteiger partial charge in [0.25, 0.3) is 0 Å². The summed E-state index contributed by atoms with van der Waals surface area (Å²) in [5, 5.41) is 0. The molecule has 1 aliphatic heterocycles. The van der Waals surface area contributed by atoms with E-state index in [9.17, 15) is 0 Å². The minimum atomic E-state index is 0.367. The summed E-state index contributed by atoms with van der Waals surface area (Å²) in [6.45, 7) is 1.59. The number of epoxide rings is 1. The molecular formula is C9H12O2. The van der Waals surface area contributed by atoms with Crippen LogP contribution in [0.1, 0.15) is 12.8 Å². The van der Waals surface area contributed by atoms with Crippen LogP contribution in [0.3, 0.4) is 0 Å². The highest BCUT2D eigenvalue weighted by molar-refractivity contribution is 5.16. The smallest absolute Gasteiger partial charge is 0.117 e. The molecule has 0 unspecified atom stereocenters. The van der Waals surface area contributed by atoms with Gasteiger partial charge in [-0.1, -0.05) is 6.08 Å². The summed E-state index contributed by atoms with van der Waals surface area (Å²) in [5.41, 5.74) is 0. The summed E-state index contributed by atoms with van der Waals surface area (Å²) in [6, 6.07) is 0. The number of rotatable bonds is 3. The Bertz CT molecular complexity index is 190. The van der Waals surface area contributed by atoms with E-state index in [0.29, 0.717) is 6.10 Å². The molecule has 60 valence electrons. The summed E-state index contributed by atoms with van der Waals surface area (Å²) in [6.07, 6.45) is 8.92. The summed E-state index contributed by atoms with van der Waals surface area (Å²) < 4.78 is 10.5. The predicted octanol–water partition coefficient (Wildman–Crippen LogP) is 1.64. The average Bonchev–Trinajstić information content (AvgIpc) is 2.86. The molecule has 2 rings (SSSR count). The van der Waals surface area contributed by atoms with Gasteiger partial charge in [0.15, 0.2) is 0 Å². The first-order valence-electron chi connectivity index (χ1n) is 4.06. The Balaban J connectivity index is 1.75. The van der Waals surface area contributed by atoms with E-state index in [1.807, 2.05) is 6.08 Å². The lowest BCUT2D eigenvalue weighted by Gasteiger charge is -2.07. The fraction of sp³-hybridized carbons (Fsp3) is 0.556. The van der Waals surface area contributed by atoms with Crippen molar-refractivity contribution in [2.24, 2.45) is 0 Å². The lowest BCUT2D eigenvalue weighted by Crippen LogP contribution is -2.00. The summed E-state index contributed by atoms with van der Waals surface area (Å²) in [5.74, 6) is 1.01. The molecule has 1 saturated heterocycles. The van der Waals surface area contributed by atoms with Crippen LogP contribution in [0, 0.1) is 0 Å². The van der Waals surface area contributed by atoms with Gasteiger partial charge in [-0.2, -0.15) is 0 Å². The largest absolute Gasteiger partial charge is 0.491 e. The van der Waals surface area contributed by atoms with Gasteiger partial charge in [0.1, 0.15) is 18.5 Å². The van der Waals surface area contributed by atoms with Gasteiger partial charge in [-0.15, -0.1) is 0 Å². The SMILES string of the molecule is C1=CC(OC[C@@H]2CO2)=CCC1. The van der Waals surface area contributed by atoms with Crippen molar-refractivity contribution in [2.45, 2.75) is 18.9 Å². The molecule has 2 aliphatic rings. The van der Waals surface area contributed by atoms with Crippen molar-refractivity contribution in [3.8, 4) is 0 Å². The summed E-state index contributed by atoms with van der Waals surface area (Å²) in [7, 11) is 0. The van der Waals surface area contributed by atoms with Gasteiger partial charge in [-0.25, -0.2) is 0 Å². The lowest BCUT2D eigenvalue weighted by molar-refractivity contribution is 0.191. The van der Waals surface area contributed by atoms with Gasteiger partial charge in [-0.3, -0.25) is 0 Å². The van der Waals surface area contributed by atoms with Gasteiger partial charge in [0.2, 0.25) is 0 Å². The molecule has 0 saturated carbocycles. The lowest BCUT2D eigenvalue weighted by atomic mass is 10.2. The normalized spacial score (nSPS) is 28.0. The molecule has 11 heavy (non-hydrogen) atoms. The standard InChI is InChI=1S/C9H12O2/c1-2-4-8(5-3-1)10-6-9-7-11-9/h2,4-5,9H,1,3,6-7H2/t9-/m1/s1. The Morgan fingerprint density at radius 1 is 1.55 bits per heavy atom. The molecule has 2 nitrogen and oxygen atoms in total. The molecule has 0 aromatic heterocycles. The van der Waals surface area contributed by atoms with Gasteiger partial charge >= 0.3 is 0 Å². The van der Waals surface area contributed by atoms with Crippen molar-refractivity contribution >= 4 is 0 Å². The van der Waals surface area contributed by atoms with E-state index < -0.39 is 0 Å². The van der Waals surface area contributed by atoms with Crippen molar-refractivity contribution in [1.82, 2.24) is 0 Å². The third kappa shape index (κ3) is 2.09. The van der Waals surface area contributed by atoms with Crippen LogP contribution in [0.2, 0.25) is 0 Å². The zero-order chi connectivity index (χ0) is 7.52. The molecule has 0 N–H and O–H groups in total. The molecule has 0 aromatic rings. The summed E-state index contributed by atoms with van der Waals surface area (Å²) >= 11 is 0. The average molecular weight is 152 g/mol. The Morgan fingerprint density at radius 2 is 2.45 bits per heavy atom. The molecule has 2 heteroatoms. The first kappa shape index (κ1) is 6.92. The second kappa shape index (κ2) is 3.09. The van der Waals surface area contributed by atoms with Crippen molar-refractivity contribution in [1.29, 1.82) is 0 Å². The number of ether oxygens (including phenoxy) is 2. The molecule has 1 fully saturated rings. The fourth-order valence-corrected chi connectivity index (χ4v) is 1.05. The number of hydrogen-bond donors (Lipinski definition) is 0. The van der Waals surface area contributed by atoms with Crippen LogP contribution in [0.15, 0.2) is 24.0 Å². The maximum Gasteiger partial charge on any atom is 0.117 e. The summed E-state index contributed by atoms with van der Waals surface area (Å²) in [4.78, 5) is 0. The van der Waals surface area contributed by atoms with Crippen LogP contribution in [0.5, 0.6) is 0 Å². The first-order chi connectivity index (χ1) is 5.45. The Hall–Kier alpha value is -0.760. The predicted molar refractivity (Wildman–Crippen MR) is 42.1 cm³/mol. The topological polar surface area (TPSA) is 21.8 Å². The molecule has 0 radical (unpaired) electrons. The first-order valence-corrected chi connectivity index (χ1v) is 4.06. The van der Waals surface area contributed by atoms with E-state index in [2.05, 4.69) is 12.2 Å². The quantitative estimate of drug-likeness (QED) is 0.573. The molecule has 1 aliphatic carbocycles. The number of allylic oxidation sites excluding steroid dienone is 3. The van der Waals surface area contributed by atoms with Crippen LogP contribution >= 0.6 is 0 Å². The van der Waals surface area contributed by atoms with Crippen LogP contribution in [-0.4, -0.2) is 19.3 Å². The van der Waals surface area contributed by atoms with Gasteiger partial charge in [0.05, 0.1) is 6.61 Å². The monoisotopic (exact) mass is 152 g/mol. The Labute approximate surface area is 66.5 Å². The third-order valence-corrected chi connectivity index (χ3v) is 1.80. The van der Waals surface area contributed by atoms with Crippen molar-refractivity contribution in [3.63, 3.8) is 0 Å². The van der Waals surface area contributed by atoms with Crippen molar-refractivity contribution in [2.75, 3.05) is 13.2 Å². The zero-order valence-corrected chi connectivity index (χ0v) is 6.45. The minimum absolute atomic E-state index is 0.367. The Kier molecular flexibility index (Phi) is 1.95. The number of hydrogen-bond acceptors (Lipinski definition) is 2. The maximum absolute atomic E-state index is 5.46. The van der Waals surface area contributed by atoms with E-state index >= 15 is 0 Å². The van der Waals surface area contributed by atoms with Crippen LogP contribution < -0.4 is 0 Å². The van der Waals surface area contributed by atoms with Gasteiger partial charge < -0.3 is 9.47 Å². The van der Waals surface area contributed by atoms with Crippen molar-refractivity contribution in [3.05, 3.63) is 24.0 Å². The second-order valence-electron chi connectivity index (χ2n) is 2.85. The maximum atomic E-state index is 5.46. The molecule has 0 amide bonds. The van der Waals surface area contributed by atoms with Crippen LogP contribution in [-0.2, 0) is 9.47 Å². The highest BCUT2D eigenvalue weighted by atomic mass is 16.6. The van der Waals surface area contributed by atoms with Gasteiger partial charge in [0, 0.05) is 0 Å². The molecule has 0 aromatic carbocycles. The minimum Gasteiger partial charge on any atom is -0.491 e. The highest BCUT2D eigenvalue weighted by Gasteiger charge is 2.23. The molecular weight excluding hydrogens is 140 g/mol. The molecule has 1 atom stereocenters. The molecule has 1 heterocycles. The third-order valence-electron chi connectivity index (χ3n) is 1.80. The Morgan fingerprint density at radius 3 is 3.09 bits per heavy atom. The van der Waals surface area contributed by atoms with Gasteiger partial charge in [-0.05, 0) is 25.0 Å². The van der Waals surface area contributed by atoms with Crippen LogP contribution in [0.25, 0.3) is 0 Å². The second-order valence-corrected chi connectivity index (χ2v) is 2.85. The zero-order valence-electron chi connectivity index (χ0n) is 6.45. The molecule has 0 spiro atoms. The van der Waals surface area contributed by atoms with E-state index in [1.165, 1.54) is 0 Å². The van der Waals surface area contributed by atoms with E-state index in [1.54, 1.807) is 0 Å². The van der Waals surface area contributed by atoms with Crippen LogP contribution in [0.4, 0.5) is 0 Å². The molecule has 0 bridgehead atoms. The van der Waals surface area contributed by atoms with E-state index in [0.717, 1.165) is 31.8 Å².